The summed E-state index contributed by atoms with van der Waals surface area (Å²) in [4.78, 5) is 24.1. The first-order valence-corrected chi connectivity index (χ1v) is 8.44. The Morgan fingerprint density at radius 2 is 1.75 bits per heavy atom. The first-order chi connectivity index (χ1) is 11.7. The Kier molecular flexibility index (Phi) is 5.26. The minimum Gasteiger partial charge on any atom is -0.352 e. The highest BCUT2D eigenvalue weighted by Crippen LogP contribution is 2.29. The van der Waals surface area contributed by atoms with Gasteiger partial charge in [-0.05, 0) is 42.5 Å². The third-order valence-electron chi connectivity index (χ3n) is 4.38. The van der Waals surface area contributed by atoms with Gasteiger partial charge < -0.3 is 10.6 Å². The van der Waals surface area contributed by atoms with Crippen molar-refractivity contribution in [2.24, 2.45) is 0 Å². The molecule has 0 spiro atoms. The molecule has 2 N–H and O–H groups in total. The van der Waals surface area contributed by atoms with Crippen LogP contribution in [-0.4, -0.2) is 18.4 Å². The van der Waals surface area contributed by atoms with Gasteiger partial charge in [0.05, 0.1) is 6.04 Å². The monoisotopic (exact) mass is 322 g/mol. The molecule has 0 saturated heterocycles. The fraction of sp³-hybridized carbons (Fsp3) is 0.300. The van der Waals surface area contributed by atoms with Gasteiger partial charge in [0.25, 0.3) is 5.91 Å². The Balaban J connectivity index is 1.48. The summed E-state index contributed by atoms with van der Waals surface area (Å²) in [6, 6.07) is 17.4. The van der Waals surface area contributed by atoms with E-state index in [2.05, 4.69) is 22.8 Å². The van der Waals surface area contributed by atoms with Crippen LogP contribution in [0, 0.1) is 0 Å². The Labute approximate surface area is 142 Å². The van der Waals surface area contributed by atoms with Gasteiger partial charge in [0.15, 0.2) is 0 Å². The summed E-state index contributed by atoms with van der Waals surface area (Å²) < 4.78 is 0. The second-order valence-electron chi connectivity index (χ2n) is 6.08. The number of fused-ring (bicyclic) bond motifs is 1. The molecule has 2 amide bonds. The number of hydrogen-bond acceptors (Lipinski definition) is 2. The zero-order chi connectivity index (χ0) is 16.8. The molecule has 2 aromatic carbocycles. The molecule has 24 heavy (non-hydrogen) atoms. The topological polar surface area (TPSA) is 58.2 Å². The second-order valence-corrected chi connectivity index (χ2v) is 6.08. The van der Waals surface area contributed by atoms with E-state index in [1.54, 1.807) is 12.1 Å². The minimum atomic E-state index is -0.147. The Morgan fingerprint density at radius 1 is 1.00 bits per heavy atom. The maximum absolute atomic E-state index is 12.2. The molecule has 124 valence electrons. The summed E-state index contributed by atoms with van der Waals surface area (Å²) in [6.45, 7) is 0.341. The molecular formula is C20H22N2O2. The van der Waals surface area contributed by atoms with Gasteiger partial charge >= 0.3 is 0 Å². The lowest BCUT2D eigenvalue weighted by molar-refractivity contribution is -0.121. The maximum Gasteiger partial charge on any atom is 0.251 e. The summed E-state index contributed by atoms with van der Waals surface area (Å²) >= 11 is 0. The molecule has 0 heterocycles. The molecule has 4 heteroatoms. The second kappa shape index (κ2) is 7.77. The fourth-order valence-corrected chi connectivity index (χ4v) is 3.15. The number of carbonyl (C=O) groups excluding carboxylic acids is 2. The van der Waals surface area contributed by atoms with Crippen LogP contribution in [0.4, 0.5) is 0 Å². The number of carbonyl (C=O) groups is 2. The molecule has 0 aromatic heterocycles. The zero-order valence-corrected chi connectivity index (χ0v) is 13.6. The third kappa shape index (κ3) is 4.02. The van der Waals surface area contributed by atoms with E-state index in [1.807, 2.05) is 30.3 Å². The van der Waals surface area contributed by atoms with Gasteiger partial charge in [0, 0.05) is 18.5 Å². The minimum absolute atomic E-state index is 0.0231. The summed E-state index contributed by atoms with van der Waals surface area (Å²) in [5.74, 6) is -0.170. The van der Waals surface area contributed by atoms with E-state index in [4.69, 9.17) is 0 Å². The van der Waals surface area contributed by atoms with Gasteiger partial charge in [0.1, 0.15) is 0 Å². The van der Waals surface area contributed by atoms with Gasteiger partial charge in [-0.1, -0.05) is 42.5 Å². The molecule has 4 nitrogen and oxygen atoms in total. The predicted octanol–water partition coefficient (Wildman–Crippen LogP) is 3.00. The van der Waals surface area contributed by atoms with Crippen molar-refractivity contribution in [3.05, 3.63) is 71.3 Å². The predicted molar refractivity (Wildman–Crippen MR) is 93.7 cm³/mol. The number of nitrogens with one attached hydrogen (secondary N) is 2. The van der Waals surface area contributed by atoms with Crippen LogP contribution in [0.1, 0.15) is 46.8 Å². The Morgan fingerprint density at radius 3 is 2.58 bits per heavy atom. The van der Waals surface area contributed by atoms with E-state index in [9.17, 15) is 9.59 Å². The Bertz CT molecular complexity index is 713. The van der Waals surface area contributed by atoms with Crippen molar-refractivity contribution in [1.29, 1.82) is 0 Å². The first kappa shape index (κ1) is 16.2. The SMILES string of the molecule is O=C(CCNC(=O)c1ccccc1)N[C@H]1CCCc2ccccc21. The molecule has 0 saturated carbocycles. The van der Waals surface area contributed by atoms with Crippen LogP contribution in [0.3, 0.4) is 0 Å². The van der Waals surface area contributed by atoms with Gasteiger partial charge in [-0.15, -0.1) is 0 Å². The largest absolute Gasteiger partial charge is 0.352 e. The molecule has 1 aliphatic rings. The van der Waals surface area contributed by atoms with Crippen molar-refractivity contribution in [3.8, 4) is 0 Å². The molecule has 0 aliphatic heterocycles. The first-order valence-electron chi connectivity index (χ1n) is 8.44. The summed E-state index contributed by atoms with van der Waals surface area (Å²) in [5.41, 5.74) is 3.16. The van der Waals surface area contributed by atoms with Crippen LogP contribution in [0.2, 0.25) is 0 Å². The van der Waals surface area contributed by atoms with E-state index in [0.29, 0.717) is 12.1 Å². The molecular weight excluding hydrogens is 300 g/mol. The van der Waals surface area contributed by atoms with Gasteiger partial charge in [-0.2, -0.15) is 0 Å². The number of amides is 2. The van der Waals surface area contributed by atoms with Crippen LogP contribution in [0.25, 0.3) is 0 Å². The van der Waals surface area contributed by atoms with E-state index in [-0.39, 0.29) is 24.3 Å². The van der Waals surface area contributed by atoms with Gasteiger partial charge in [0.2, 0.25) is 5.91 Å². The van der Waals surface area contributed by atoms with Gasteiger partial charge in [-0.25, -0.2) is 0 Å². The molecule has 0 unspecified atom stereocenters. The van der Waals surface area contributed by atoms with Crippen molar-refractivity contribution in [2.45, 2.75) is 31.7 Å². The number of benzene rings is 2. The highest BCUT2D eigenvalue weighted by molar-refractivity contribution is 5.94. The van der Waals surface area contributed by atoms with Crippen LogP contribution in [-0.2, 0) is 11.2 Å². The molecule has 0 radical (unpaired) electrons. The summed E-state index contributed by atoms with van der Waals surface area (Å²) in [6.07, 6.45) is 3.43. The lowest BCUT2D eigenvalue weighted by Gasteiger charge is -2.26. The quantitative estimate of drug-likeness (QED) is 0.889. The molecule has 2 aromatic rings. The van der Waals surface area contributed by atoms with E-state index in [1.165, 1.54) is 11.1 Å². The average molecular weight is 322 g/mol. The molecule has 0 fully saturated rings. The lowest BCUT2D eigenvalue weighted by atomic mass is 9.88. The fourth-order valence-electron chi connectivity index (χ4n) is 3.15. The summed E-state index contributed by atoms with van der Waals surface area (Å²) in [7, 11) is 0. The van der Waals surface area contributed by atoms with Crippen molar-refractivity contribution in [1.82, 2.24) is 10.6 Å². The van der Waals surface area contributed by atoms with Crippen molar-refractivity contribution in [2.75, 3.05) is 6.54 Å². The van der Waals surface area contributed by atoms with Crippen LogP contribution in [0.5, 0.6) is 0 Å². The molecule has 0 bridgehead atoms. The standard InChI is InChI=1S/C20H22N2O2/c23-19(13-14-21-20(24)16-8-2-1-3-9-16)22-18-12-6-10-15-7-4-5-11-17(15)18/h1-5,7-9,11,18H,6,10,12-14H2,(H,21,24)(H,22,23)/t18-/m0/s1. The number of hydrogen-bond donors (Lipinski definition) is 2. The molecule has 1 aliphatic carbocycles. The smallest absolute Gasteiger partial charge is 0.251 e. The van der Waals surface area contributed by atoms with Crippen LogP contribution < -0.4 is 10.6 Å². The number of aryl methyl sites for hydroxylation is 1. The zero-order valence-electron chi connectivity index (χ0n) is 13.6. The highest BCUT2D eigenvalue weighted by Gasteiger charge is 2.21. The molecule has 1 atom stereocenters. The van der Waals surface area contributed by atoms with Crippen LogP contribution >= 0.6 is 0 Å². The summed E-state index contributed by atoms with van der Waals surface area (Å²) in [5, 5.41) is 5.88. The highest BCUT2D eigenvalue weighted by atomic mass is 16.2. The Hall–Kier alpha value is -2.62. The lowest BCUT2D eigenvalue weighted by Crippen LogP contribution is -2.34. The van der Waals surface area contributed by atoms with E-state index >= 15 is 0 Å². The van der Waals surface area contributed by atoms with Crippen LogP contribution in [0.15, 0.2) is 54.6 Å². The normalized spacial score (nSPS) is 16.1. The number of rotatable bonds is 5. The molecule has 3 rings (SSSR count). The van der Waals surface area contributed by atoms with Crippen molar-refractivity contribution in [3.63, 3.8) is 0 Å². The third-order valence-corrected chi connectivity index (χ3v) is 4.38. The van der Waals surface area contributed by atoms with Gasteiger partial charge in [-0.3, -0.25) is 9.59 Å². The van der Waals surface area contributed by atoms with Crippen molar-refractivity contribution < 1.29 is 9.59 Å². The average Bonchev–Trinajstić information content (AvgIpc) is 2.63. The van der Waals surface area contributed by atoms with Crippen molar-refractivity contribution >= 4 is 11.8 Å². The maximum atomic E-state index is 12.2. The van der Waals surface area contributed by atoms with E-state index in [0.717, 1.165) is 19.3 Å². The van der Waals surface area contributed by atoms with E-state index < -0.39 is 0 Å².